The second-order valence-electron chi connectivity index (χ2n) is 8.09. The van der Waals surface area contributed by atoms with Crippen LogP contribution in [-0.4, -0.2) is 71.7 Å². The van der Waals surface area contributed by atoms with Crippen molar-refractivity contribution in [2.75, 3.05) is 6.61 Å². The molecule has 0 spiro atoms. The van der Waals surface area contributed by atoms with E-state index in [-0.39, 0.29) is 18.3 Å². The lowest BCUT2D eigenvalue weighted by Crippen LogP contribution is -2.63. The van der Waals surface area contributed by atoms with E-state index < -0.39 is 54.6 Å². The van der Waals surface area contributed by atoms with Crippen molar-refractivity contribution >= 4 is 40.7 Å². The van der Waals surface area contributed by atoms with Crippen LogP contribution < -0.4 is 4.74 Å². The molecule has 12 heteroatoms. The summed E-state index contributed by atoms with van der Waals surface area (Å²) < 4.78 is 34.6. The lowest BCUT2D eigenvalue weighted by atomic mass is 9.98. The van der Waals surface area contributed by atoms with E-state index >= 15 is 0 Å². The molecule has 1 aromatic carbocycles. The summed E-state index contributed by atoms with van der Waals surface area (Å²) >= 11 is 0. The second kappa shape index (κ2) is 11.2. The van der Waals surface area contributed by atoms with Gasteiger partial charge in [-0.15, -0.1) is 0 Å². The van der Waals surface area contributed by atoms with Crippen LogP contribution in [-0.2, 0) is 42.9 Å². The highest BCUT2D eigenvalue weighted by atomic mass is 16.7. The summed E-state index contributed by atoms with van der Waals surface area (Å²) in [6, 6.07) is 6.93. The van der Waals surface area contributed by atoms with Gasteiger partial charge in [0.1, 0.15) is 18.5 Å². The Morgan fingerprint density at radius 1 is 0.806 bits per heavy atom. The molecule has 0 N–H and O–H groups in total. The quantitative estimate of drug-likeness (QED) is 0.401. The van der Waals surface area contributed by atoms with Crippen LogP contribution in [0.5, 0.6) is 5.75 Å². The topological polar surface area (TPSA) is 146 Å². The Bertz CT molecular complexity index is 1170. The number of ether oxygens (including phenoxy) is 6. The van der Waals surface area contributed by atoms with Crippen LogP contribution in [0.1, 0.15) is 39.4 Å². The van der Waals surface area contributed by atoms with Crippen LogP contribution in [0.2, 0.25) is 0 Å². The monoisotopic (exact) mass is 505 g/mol. The Morgan fingerprint density at radius 3 is 1.97 bits per heavy atom. The number of hydrogen-bond acceptors (Lipinski definition) is 11. The fourth-order valence-corrected chi connectivity index (χ4v) is 3.91. The van der Waals surface area contributed by atoms with Gasteiger partial charge in [-0.2, -0.15) is 0 Å². The fourth-order valence-electron chi connectivity index (χ4n) is 3.91. The molecule has 2 aromatic rings. The van der Waals surface area contributed by atoms with Crippen LogP contribution in [0, 0.1) is 0 Å². The van der Waals surface area contributed by atoms with E-state index in [4.69, 9.17) is 28.4 Å². The number of nitrogens with zero attached hydrogens (tertiary/aromatic N) is 1. The number of carbonyl (C=O) groups is 5. The Balaban J connectivity index is 2.07. The minimum atomic E-state index is -1.41. The maximum Gasteiger partial charge on any atom is 0.303 e. The van der Waals surface area contributed by atoms with Crippen LogP contribution in [0.15, 0.2) is 30.5 Å². The second-order valence-corrected chi connectivity index (χ2v) is 8.09. The lowest BCUT2D eigenvalue weighted by Gasteiger charge is -2.43. The van der Waals surface area contributed by atoms with E-state index in [2.05, 4.69) is 0 Å². The molecule has 3 rings (SSSR count). The van der Waals surface area contributed by atoms with E-state index in [0.717, 1.165) is 20.8 Å². The van der Waals surface area contributed by atoms with Crippen LogP contribution >= 0.6 is 0 Å². The Labute approximate surface area is 206 Å². The van der Waals surface area contributed by atoms with Gasteiger partial charge in [-0.25, -0.2) is 0 Å². The molecule has 1 aliphatic heterocycles. The summed E-state index contributed by atoms with van der Waals surface area (Å²) in [5.41, 5.74) is 0.561. The number of benzene rings is 1. The summed E-state index contributed by atoms with van der Waals surface area (Å²) in [5, 5.41) is 0.556. The van der Waals surface area contributed by atoms with Gasteiger partial charge in [0.25, 0.3) is 0 Å². The van der Waals surface area contributed by atoms with E-state index in [9.17, 15) is 24.0 Å². The predicted molar refractivity (Wildman–Crippen MR) is 121 cm³/mol. The highest BCUT2D eigenvalue weighted by Crippen LogP contribution is 2.34. The zero-order chi connectivity index (χ0) is 26.6. The number of esters is 4. The SMILES string of the molecule is CC(=O)OC[C@H]1O[C@H](Oc2cn(C(C)=O)c3ccccc23)[C@H](OC(C)=O)[C@@H](OC(C)=O)[C@@H]1OC(C)=O. The first-order valence-corrected chi connectivity index (χ1v) is 11.1. The van der Waals surface area contributed by atoms with Crippen LogP contribution in [0.3, 0.4) is 0 Å². The fraction of sp³-hybridized carbons (Fsp3) is 0.458. The van der Waals surface area contributed by atoms with Gasteiger partial charge in [0, 0.05) is 40.0 Å². The van der Waals surface area contributed by atoms with Crippen molar-refractivity contribution in [3.8, 4) is 5.75 Å². The normalized spacial score (nSPS) is 23.4. The van der Waals surface area contributed by atoms with Gasteiger partial charge < -0.3 is 28.4 Å². The number of hydrogen-bond donors (Lipinski definition) is 0. The minimum absolute atomic E-state index is 0.210. The average molecular weight is 505 g/mol. The largest absolute Gasteiger partial charge is 0.463 e. The van der Waals surface area contributed by atoms with E-state index in [1.807, 2.05) is 0 Å². The maximum atomic E-state index is 12.1. The minimum Gasteiger partial charge on any atom is -0.463 e. The molecule has 36 heavy (non-hydrogen) atoms. The third-order valence-electron chi connectivity index (χ3n) is 5.21. The smallest absolute Gasteiger partial charge is 0.303 e. The van der Waals surface area contributed by atoms with Gasteiger partial charge in [0.05, 0.1) is 11.7 Å². The van der Waals surface area contributed by atoms with Crippen molar-refractivity contribution < 1.29 is 52.4 Å². The van der Waals surface area contributed by atoms with Crippen molar-refractivity contribution in [3.63, 3.8) is 0 Å². The van der Waals surface area contributed by atoms with E-state index in [1.165, 1.54) is 24.6 Å². The molecule has 0 saturated carbocycles. The van der Waals surface area contributed by atoms with Gasteiger partial charge in [0.15, 0.2) is 12.2 Å². The highest BCUT2D eigenvalue weighted by molar-refractivity contribution is 5.95. The van der Waals surface area contributed by atoms with Crippen molar-refractivity contribution in [2.45, 2.75) is 65.3 Å². The summed E-state index contributed by atoms with van der Waals surface area (Å²) in [5.74, 6) is -2.94. The number of aromatic nitrogens is 1. The first kappa shape index (κ1) is 26.7. The standard InChI is InChI=1S/C24H27NO11/c1-12(26)25-10-19(17-8-6-7-9-18(17)25)35-24-23(34-16(5)30)22(33-15(4)29)21(32-14(3)28)20(36-24)11-31-13(2)27/h6-10,20-24H,11H2,1-5H3/t20-,21-,22+,23-,24+/m1/s1. The Hall–Kier alpha value is -3.93. The number of carbonyl (C=O) groups excluding carboxylic acids is 5. The van der Waals surface area contributed by atoms with Crippen molar-refractivity contribution in [1.82, 2.24) is 4.57 Å². The summed E-state index contributed by atoms with van der Waals surface area (Å²) in [7, 11) is 0. The van der Waals surface area contributed by atoms with Crippen molar-refractivity contribution in [2.24, 2.45) is 0 Å². The molecule has 2 heterocycles. The third-order valence-corrected chi connectivity index (χ3v) is 5.21. The summed E-state index contributed by atoms with van der Waals surface area (Å²) in [6.45, 7) is 5.57. The molecule has 1 aromatic heterocycles. The molecule has 5 atom stereocenters. The number of fused-ring (bicyclic) bond motifs is 1. The first-order valence-electron chi connectivity index (χ1n) is 11.1. The van der Waals surface area contributed by atoms with Gasteiger partial charge in [-0.05, 0) is 12.1 Å². The molecule has 1 saturated heterocycles. The van der Waals surface area contributed by atoms with Crippen LogP contribution in [0.25, 0.3) is 10.9 Å². The molecule has 1 aliphatic rings. The van der Waals surface area contributed by atoms with Crippen LogP contribution in [0.4, 0.5) is 0 Å². The molecule has 1 fully saturated rings. The molecule has 194 valence electrons. The molecule has 0 unspecified atom stereocenters. The summed E-state index contributed by atoms with van der Waals surface area (Å²) in [4.78, 5) is 59.4. The van der Waals surface area contributed by atoms with Gasteiger partial charge in [-0.1, -0.05) is 12.1 Å². The zero-order valence-corrected chi connectivity index (χ0v) is 20.4. The molecule has 0 amide bonds. The third kappa shape index (κ3) is 6.19. The maximum absolute atomic E-state index is 12.1. The number of rotatable bonds is 7. The molecule has 12 nitrogen and oxygen atoms in total. The summed E-state index contributed by atoms with van der Waals surface area (Å²) in [6.07, 6.45) is -5.16. The van der Waals surface area contributed by atoms with E-state index in [1.54, 1.807) is 24.3 Å². The van der Waals surface area contributed by atoms with E-state index in [0.29, 0.717) is 10.9 Å². The number of para-hydroxylation sites is 1. The Morgan fingerprint density at radius 2 is 1.39 bits per heavy atom. The lowest BCUT2D eigenvalue weighted by molar-refractivity contribution is -0.288. The van der Waals surface area contributed by atoms with Crippen molar-refractivity contribution in [3.05, 3.63) is 30.5 Å². The molecular weight excluding hydrogens is 478 g/mol. The van der Waals surface area contributed by atoms with Crippen molar-refractivity contribution in [1.29, 1.82) is 0 Å². The zero-order valence-electron chi connectivity index (χ0n) is 20.4. The molecule has 0 bridgehead atoms. The first-order chi connectivity index (χ1) is 17.0. The predicted octanol–water partition coefficient (Wildman–Crippen LogP) is 1.76. The highest BCUT2D eigenvalue weighted by Gasteiger charge is 2.53. The van der Waals surface area contributed by atoms with Gasteiger partial charge >= 0.3 is 23.9 Å². The average Bonchev–Trinajstić information content (AvgIpc) is 3.14. The van der Waals surface area contributed by atoms with Gasteiger partial charge in [-0.3, -0.25) is 28.5 Å². The van der Waals surface area contributed by atoms with Gasteiger partial charge in [0.2, 0.25) is 18.3 Å². The molecule has 0 aliphatic carbocycles. The molecule has 0 radical (unpaired) electrons. The Kier molecular flexibility index (Phi) is 8.30. The molecular formula is C24H27NO11.